The van der Waals surface area contributed by atoms with Gasteiger partial charge < -0.3 is 10.2 Å². The Morgan fingerprint density at radius 1 is 1.12 bits per heavy atom. The number of carbonyl (C=O) groups is 2. The molecule has 1 atom stereocenters. The third-order valence-corrected chi connectivity index (χ3v) is 4.55. The number of amides is 2. The lowest BCUT2D eigenvalue weighted by Crippen LogP contribution is -2.40. The van der Waals surface area contributed by atoms with E-state index in [1.54, 1.807) is 11.0 Å². The van der Waals surface area contributed by atoms with Gasteiger partial charge in [0.25, 0.3) is 0 Å². The van der Waals surface area contributed by atoms with E-state index >= 15 is 0 Å². The zero-order valence-corrected chi connectivity index (χ0v) is 14.5. The SMILES string of the molecule is Cc1ccc(N2CC[C@H](NC(=O)/C=C/c3ccccc3)C2=O)cc1C. The van der Waals surface area contributed by atoms with Crippen LogP contribution in [0.1, 0.15) is 23.1 Å². The third-order valence-electron chi connectivity index (χ3n) is 4.55. The largest absolute Gasteiger partial charge is 0.341 e. The quantitative estimate of drug-likeness (QED) is 0.873. The Labute approximate surface area is 148 Å². The lowest BCUT2D eigenvalue weighted by atomic mass is 10.1. The van der Waals surface area contributed by atoms with E-state index < -0.39 is 6.04 Å². The number of nitrogens with zero attached hydrogens (tertiary/aromatic N) is 1. The molecule has 1 fully saturated rings. The van der Waals surface area contributed by atoms with Crippen molar-refractivity contribution in [1.82, 2.24) is 5.32 Å². The number of aryl methyl sites for hydroxylation is 2. The molecule has 0 aliphatic carbocycles. The number of benzene rings is 2. The maximum atomic E-state index is 12.6. The van der Waals surface area contributed by atoms with Crippen LogP contribution in [0.4, 0.5) is 5.69 Å². The summed E-state index contributed by atoms with van der Waals surface area (Å²) in [6.45, 7) is 4.70. The van der Waals surface area contributed by atoms with Gasteiger partial charge in [-0.2, -0.15) is 0 Å². The summed E-state index contributed by atoms with van der Waals surface area (Å²) in [6, 6.07) is 15.1. The van der Waals surface area contributed by atoms with Crippen molar-refractivity contribution in [2.75, 3.05) is 11.4 Å². The highest BCUT2D eigenvalue weighted by Gasteiger charge is 2.33. The molecule has 1 aliphatic heterocycles. The molecule has 1 aliphatic rings. The van der Waals surface area contributed by atoms with Crippen molar-refractivity contribution in [3.05, 3.63) is 71.3 Å². The van der Waals surface area contributed by atoms with E-state index in [9.17, 15) is 9.59 Å². The average Bonchev–Trinajstić information content (AvgIpc) is 2.97. The maximum Gasteiger partial charge on any atom is 0.249 e. The van der Waals surface area contributed by atoms with E-state index in [0.717, 1.165) is 16.8 Å². The maximum absolute atomic E-state index is 12.6. The van der Waals surface area contributed by atoms with E-state index in [2.05, 4.69) is 5.32 Å². The first-order valence-corrected chi connectivity index (χ1v) is 8.47. The Kier molecular flexibility index (Phi) is 4.98. The Hall–Kier alpha value is -2.88. The number of hydrogen-bond donors (Lipinski definition) is 1. The molecule has 4 nitrogen and oxygen atoms in total. The standard InChI is InChI=1S/C21H22N2O2/c1-15-8-10-18(14-16(15)2)23-13-12-19(21(23)25)22-20(24)11-9-17-6-4-3-5-7-17/h3-11,14,19H,12-13H2,1-2H3,(H,22,24)/b11-9+/t19-/m0/s1. The van der Waals surface area contributed by atoms with Crippen molar-refractivity contribution in [3.8, 4) is 0 Å². The highest BCUT2D eigenvalue weighted by atomic mass is 16.2. The molecule has 1 heterocycles. The van der Waals surface area contributed by atoms with Gasteiger partial charge in [0.1, 0.15) is 6.04 Å². The summed E-state index contributed by atoms with van der Waals surface area (Å²) in [4.78, 5) is 26.4. The summed E-state index contributed by atoms with van der Waals surface area (Å²) in [5, 5.41) is 2.81. The van der Waals surface area contributed by atoms with Crippen LogP contribution in [0.3, 0.4) is 0 Å². The molecule has 1 N–H and O–H groups in total. The molecule has 128 valence electrons. The molecule has 0 saturated carbocycles. The summed E-state index contributed by atoms with van der Waals surface area (Å²) in [6.07, 6.45) is 3.84. The fourth-order valence-electron chi connectivity index (χ4n) is 2.92. The van der Waals surface area contributed by atoms with Crippen LogP contribution in [0.2, 0.25) is 0 Å². The topological polar surface area (TPSA) is 49.4 Å². The first-order chi connectivity index (χ1) is 12.0. The van der Waals surface area contributed by atoms with Gasteiger partial charge in [-0.05, 0) is 55.2 Å². The van der Waals surface area contributed by atoms with Gasteiger partial charge in [-0.15, -0.1) is 0 Å². The third kappa shape index (κ3) is 3.97. The molecule has 2 amide bonds. The number of hydrogen-bond acceptors (Lipinski definition) is 2. The minimum atomic E-state index is -0.463. The minimum absolute atomic E-state index is 0.0512. The zero-order chi connectivity index (χ0) is 17.8. The van der Waals surface area contributed by atoms with Crippen LogP contribution in [-0.2, 0) is 9.59 Å². The number of rotatable bonds is 4. The normalized spacial score (nSPS) is 17.3. The van der Waals surface area contributed by atoms with E-state index in [-0.39, 0.29) is 11.8 Å². The van der Waals surface area contributed by atoms with E-state index in [4.69, 9.17) is 0 Å². The number of carbonyl (C=O) groups excluding carboxylic acids is 2. The molecule has 0 unspecified atom stereocenters. The van der Waals surface area contributed by atoms with Crippen molar-refractivity contribution < 1.29 is 9.59 Å². The molecule has 3 rings (SSSR count). The van der Waals surface area contributed by atoms with Gasteiger partial charge in [-0.25, -0.2) is 0 Å². The molecule has 0 aromatic heterocycles. The van der Waals surface area contributed by atoms with Crippen LogP contribution < -0.4 is 10.2 Å². The average molecular weight is 334 g/mol. The molecule has 0 bridgehead atoms. The van der Waals surface area contributed by atoms with Crippen LogP contribution in [-0.4, -0.2) is 24.4 Å². The van der Waals surface area contributed by atoms with Gasteiger partial charge in [0.2, 0.25) is 11.8 Å². The van der Waals surface area contributed by atoms with Gasteiger partial charge in [-0.1, -0.05) is 36.4 Å². The molecule has 0 spiro atoms. The summed E-state index contributed by atoms with van der Waals surface area (Å²) in [7, 11) is 0. The zero-order valence-electron chi connectivity index (χ0n) is 14.5. The first-order valence-electron chi connectivity index (χ1n) is 8.47. The van der Waals surface area contributed by atoms with Crippen LogP contribution >= 0.6 is 0 Å². The fourth-order valence-corrected chi connectivity index (χ4v) is 2.92. The van der Waals surface area contributed by atoms with E-state index in [1.807, 2.05) is 62.4 Å². The highest BCUT2D eigenvalue weighted by molar-refractivity contribution is 6.03. The second-order valence-corrected chi connectivity index (χ2v) is 6.35. The summed E-state index contributed by atoms with van der Waals surface area (Å²) < 4.78 is 0. The van der Waals surface area contributed by atoms with Gasteiger partial charge in [0.05, 0.1) is 0 Å². The van der Waals surface area contributed by atoms with Gasteiger partial charge >= 0.3 is 0 Å². The van der Waals surface area contributed by atoms with Crippen LogP contribution in [0.5, 0.6) is 0 Å². The van der Waals surface area contributed by atoms with Crippen molar-refractivity contribution in [2.45, 2.75) is 26.3 Å². The minimum Gasteiger partial charge on any atom is -0.341 e. The van der Waals surface area contributed by atoms with Crippen LogP contribution in [0.15, 0.2) is 54.6 Å². The summed E-state index contributed by atoms with van der Waals surface area (Å²) in [5.41, 5.74) is 4.20. The first kappa shape index (κ1) is 17.0. The van der Waals surface area contributed by atoms with E-state index in [1.165, 1.54) is 11.6 Å². The van der Waals surface area contributed by atoms with Crippen LogP contribution in [0, 0.1) is 13.8 Å². The second-order valence-electron chi connectivity index (χ2n) is 6.35. The molecule has 2 aromatic carbocycles. The highest BCUT2D eigenvalue weighted by Crippen LogP contribution is 2.24. The molecule has 1 saturated heterocycles. The monoisotopic (exact) mass is 334 g/mol. The molecular weight excluding hydrogens is 312 g/mol. The second kappa shape index (κ2) is 7.34. The Morgan fingerprint density at radius 3 is 2.60 bits per heavy atom. The fraction of sp³-hybridized carbons (Fsp3) is 0.238. The summed E-state index contributed by atoms with van der Waals surface area (Å²) >= 11 is 0. The van der Waals surface area contributed by atoms with Crippen LogP contribution in [0.25, 0.3) is 6.08 Å². The van der Waals surface area contributed by atoms with Crippen molar-refractivity contribution in [1.29, 1.82) is 0 Å². The molecule has 0 radical (unpaired) electrons. The lowest BCUT2D eigenvalue weighted by molar-refractivity contribution is -0.123. The van der Waals surface area contributed by atoms with E-state index in [0.29, 0.717) is 13.0 Å². The van der Waals surface area contributed by atoms with Crippen molar-refractivity contribution >= 4 is 23.6 Å². The molecule has 25 heavy (non-hydrogen) atoms. The molecule has 4 heteroatoms. The van der Waals surface area contributed by atoms with Crippen molar-refractivity contribution in [3.63, 3.8) is 0 Å². The summed E-state index contributed by atoms with van der Waals surface area (Å²) in [5.74, 6) is -0.297. The van der Waals surface area contributed by atoms with Gasteiger partial charge in [0, 0.05) is 18.3 Å². The smallest absolute Gasteiger partial charge is 0.249 e. The lowest BCUT2D eigenvalue weighted by Gasteiger charge is -2.18. The van der Waals surface area contributed by atoms with Crippen molar-refractivity contribution in [2.24, 2.45) is 0 Å². The predicted octanol–water partition coefficient (Wildman–Crippen LogP) is 3.24. The van der Waals surface area contributed by atoms with Gasteiger partial charge in [0.15, 0.2) is 0 Å². The van der Waals surface area contributed by atoms with Gasteiger partial charge in [-0.3, -0.25) is 9.59 Å². The molecular formula is C21H22N2O2. The Balaban J connectivity index is 1.63. The predicted molar refractivity (Wildman–Crippen MR) is 100 cm³/mol. The Bertz CT molecular complexity index is 812. The number of nitrogens with one attached hydrogen (secondary N) is 1. The Morgan fingerprint density at radius 2 is 1.88 bits per heavy atom. The molecule has 2 aromatic rings. The number of anilines is 1.